The van der Waals surface area contributed by atoms with Gasteiger partial charge in [-0.3, -0.25) is 0 Å². The topological polar surface area (TPSA) is 78.9 Å². The first-order chi connectivity index (χ1) is 19.9. The van der Waals surface area contributed by atoms with E-state index in [4.69, 9.17) is 14.2 Å². The van der Waals surface area contributed by atoms with Gasteiger partial charge in [0, 0.05) is 23.6 Å². The van der Waals surface area contributed by atoms with Crippen LogP contribution >= 0.6 is 0 Å². The average Bonchev–Trinajstić information content (AvgIpc) is 2.99. The summed E-state index contributed by atoms with van der Waals surface area (Å²) in [5.74, 6) is 2.70. The Kier molecular flexibility index (Phi) is 8.65. The van der Waals surface area contributed by atoms with E-state index in [0.29, 0.717) is 43.3 Å². The number of benzene rings is 5. The minimum absolute atomic E-state index is 0.258. The van der Waals surface area contributed by atoms with Gasteiger partial charge in [0.05, 0.1) is 11.5 Å². The van der Waals surface area contributed by atoms with E-state index in [1.54, 1.807) is 24.3 Å². The second-order valence-corrected chi connectivity index (χ2v) is 11.6. The monoisotopic (exact) mass is 566 g/mol. The van der Waals surface area contributed by atoms with Crippen molar-refractivity contribution in [2.45, 2.75) is 24.3 Å². The summed E-state index contributed by atoms with van der Waals surface area (Å²) in [5.41, 5.74) is 2.74. The van der Waals surface area contributed by atoms with Crippen molar-refractivity contribution in [2.75, 3.05) is 12.9 Å². The molecule has 0 aliphatic carbocycles. The third-order valence-corrected chi connectivity index (χ3v) is 7.69. The van der Waals surface area contributed by atoms with E-state index in [0.717, 1.165) is 39.5 Å². The molecule has 0 radical (unpaired) electrons. The summed E-state index contributed by atoms with van der Waals surface area (Å²) in [6.45, 7) is 0.925. The molecule has 41 heavy (non-hydrogen) atoms. The van der Waals surface area contributed by atoms with Gasteiger partial charge in [-0.15, -0.1) is 0 Å². The molecule has 0 saturated heterocycles. The highest BCUT2D eigenvalue weighted by Crippen LogP contribution is 2.41. The van der Waals surface area contributed by atoms with Crippen molar-refractivity contribution in [3.8, 4) is 34.1 Å². The Bertz CT molecular complexity index is 1730. The fourth-order valence-electron chi connectivity index (χ4n) is 4.41. The van der Waals surface area contributed by atoms with Crippen LogP contribution in [-0.4, -0.2) is 27.6 Å². The molecule has 7 heteroatoms. The minimum atomic E-state index is -3.31. The van der Waals surface area contributed by atoms with Gasteiger partial charge in [0.25, 0.3) is 0 Å². The Morgan fingerprint density at radius 3 is 2.15 bits per heavy atom. The highest BCUT2D eigenvalue weighted by Gasteiger charge is 2.15. The molecule has 0 aromatic heterocycles. The Morgan fingerprint density at radius 2 is 1.44 bits per heavy atom. The second kappa shape index (κ2) is 12.7. The van der Waals surface area contributed by atoms with Gasteiger partial charge < -0.3 is 19.0 Å². The number of carbonyl (C=O) groups excluding carboxylic acids is 1. The van der Waals surface area contributed by atoms with Gasteiger partial charge in [-0.2, -0.15) is 0 Å². The van der Waals surface area contributed by atoms with E-state index in [1.807, 2.05) is 84.9 Å². The smallest absolute Gasteiger partial charge is 0.175 e. The average molecular weight is 567 g/mol. The lowest BCUT2D eigenvalue weighted by Gasteiger charge is -2.16. The summed E-state index contributed by atoms with van der Waals surface area (Å²) >= 11 is 0. The maximum atomic E-state index is 12.0. The van der Waals surface area contributed by atoms with Crippen molar-refractivity contribution >= 4 is 26.9 Å². The van der Waals surface area contributed by atoms with E-state index >= 15 is 0 Å². The van der Waals surface area contributed by atoms with E-state index in [-0.39, 0.29) is 4.90 Å². The van der Waals surface area contributed by atoms with Crippen LogP contribution in [0.5, 0.6) is 23.0 Å². The lowest BCUT2D eigenvalue weighted by molar-refractivity contribution is -0.108. The standard InChI is InChI=1S/C34H30O6S/c1-41(36,37)31-17-9-26(10-18-31)32-19-11-27-23-30(39-24-25-7-3-2-4-8-25)16-20-33(27)34(32)40-29-14-12-28(13-15-29)38-22-6-5-21-35/h2-4,7-21,23H,5-6,22,24H2,1H3. The number of aldehydes is 1. The van der Waals surface area contributed by atoms with Crippen molar-refractivity contribution in [3.63, 3.8) is 0 Å². The maximum absolute atomic E-state index is 12.0. The lowest BCUT2D eigenvalue weighted by Crippen LogP contribution is -1.98. The van der Waals surface area contributed by atoms with Crippen LogP contribution in [0.25, 0.3) is 21.9 Å². The predicted octanol–water partition coefficient (Wildman–Crippen LogP) is 7.64. The lowest BCUT2D eigenvalue weighted by atomic mass is 9.99. The van der Waals surface area contributed by atoms with Gasteiger partial charge in [0.2, 0.25) is 0 Å². The number of unbranched alkanes of at least 4 members (excludes halogenated alkanes) is 1. The number of hydrogen-bond donors (Lipinski definition) is 0. The number of hydrogen-bond acceptors (Lipinski definition) is 6. The van der Waals surface area contributed by atoms with Gasteiger partial charge in [-0.1, -0.05) is 48.5 Å². The molecule has 0 atom stereocenters. The normalized spacial score (nSPS) is 11.2. The quantitative estimate of drug-likeness (QED) is 0.114. The first kappa shape index (κ1) is 27.9. The first-order valence-electron chi connectivity index (χ1n) is 13.3. The van der Waals surface area contributed by atoms with Crippen LogP contribution < -0.4 is 14.2 Å². The molecule has 5 rings (SSSR count). The molecule has 6 nitrogen and oxygen atoms in total. The number of rotatable bonds is 12. The van der Waals surface area contributed by atoms with Gasteiger partial charge >= 0.3 is 0 Å². The molecule has 0 aliphatic rings. The molecule has 208 valence electrons. The number of sulfone groups is 1. The number of ether oxygens (including phenoxy) is 3. The maximum Gasteiger partial charge on any atom is 0.175 e. The second-order valence-electron chi connectivity index (χ2n) is 9.63. The summed E-state index contributed by atoms with van der Waals surface area (Å²) in [5, 5.41) is 1.83. The summed E-state index contributed by atoms with van der Waals surface area (Å²) in [7, 11) is -3.31. The van der Waals surface area contributed by atoms with Crippen LogP contribution in [0.2, 0.25) is 0 Å². The molecule has 5 aromatic rings. The largest absolute Gasteiger partial charge is 0.494 e. The highest BCUT2D eigenvalue weighted by atomic mass is 32.2. The third kappa shape index (κ3) is 7.13. The molecule has 0 aliphatic heterocycles. The summed E-state index contributed by atoms with van der Waals surface area (Å²) < 4.78 is 42.2. The zero-order chi connectivity index (χ0) is 28.7. The zero-order valence-electron chi connectivity index (χ0n) is 22.7. The molecular weight excluding hydrogens is 536 g/mol. The van der Waals surface area contributed by atoms with Crippen LogP contribution in [0, 0.1) is 0 Å². The molecule has 0 N–H and O–H groups in total. The van der Waals surface area contributed by atoms with Crippen molar-refractivity contribution in [1.82, 2.24) is 0 Å². The summed E-state index contributed by atoms with van der Waals surface area (Å²) in [4.78, 5) is 10.8. The van der Waals surface area contributed by atoms with Crippen LogP contribution in [0.3, 0.4) is 0 Å². The highest BCUT2D eigenvalue weighted by molar-refractivity contribution is 7.90. The molecule has 0 unspecified atom stereocenters. The zero-order valence-corrected chi connectivity index (χ0v) is 23.5. The van der Waals surface area contributed by atoms with Gasteiger partial charge in [0.1, 0.15) is 35.9 Å². The third-order valence-electron chi connectivity index (χ3n) is 6.56. The van der Waals surface area contributed by atoms with Crippen LogP contribution in [0.1, 0.15) is 18.4 Å². The molecule has 0 amide bonds. The molecule has 0 bridgehead atoms. The Balaban J connectivity index is 1.47. The van der Waals surface area contributed by atoms with E-state index < -0.39 is 9.84 Å². The van der Waals surface area contributed by atoms with E-state index in [2.05, 4.69) is 0 Å². The Hall–Kier alpha value is -4.62. The fourth-order valence-corrected chi connectivity index (χ4v) is 5.04. The van der Waals surface area contributed by atoms with Gasteiger partial charge in [0.15, 0.2) is 9.84 Å². The van der Waals surface area contributed by atoms with Gasteiger partial charge in [-0.25, -0.2) is 8.42 Å². The molecule has 0 spiro atoms. The Labute approximate surface area is 240 Å². The van der Waals surface area contributed by atoms with E-state index in [9.17, 15) is 13.2 Å². The van der Waals surface area contributed by atoms with Crippen molar-refractivity contribution in [3.05, 3.63) is 115 Å². The van der Waals surface area contributed by atoms with Gasteiger partial charge in [-0.05, 0) is 83.6 Å². The molecule has 0 fully saturated rings. The van der Waals surface area contributed by atoms with E-state index in [1.165, 1.54) is 6.26 Å². The summed E-state index contributed by atoms with van der Waals surface area (Å²) in [6, 6.07) is 34.0. The SMILES string of the molecule is CS(=O)(=O)c1ccc(-c2ccc3cc(OCc4ccccc4)ccc3c2Oc2ccc(OCCCC=O)cc2)cc1. The number of fused-ring (bicyclic) bond motifs is 1. The first-order valence-corrected chi connectivity index (χ1v) is 15.2. The molecule has 0 heterocycles. The number of carbonyl (C=O) groups is 1. The molecule has 0 saturated carbocycles. The minimum Gasteiger partial charge on any atom is -0.494 e. The fraction of sp³-hybridized carbons (Fsp3) is 0.147. The molecular formula is C34H30O6S. The van der Waals surface area contributed by atoms with Crippen LogP contribution in [0.4, 0.5) is 0 Å². The van der Waals surface area contributed by atoms with Crippen molar-refractivity contribution in [1.29, 1.82) is 0 Å². The Morgan fingerprint density at radius 1 is 0.732 bits per heavy atom. The van der Waals surface area contributed by atoms with Crippen molar-refractivity contribution in [2.24, 2.45) is 0 Å². The van der Waals surface area contributed by atoms with Crippen molar-refractivity contribution < 1.29 is 27.4 Å². The summed E-state index contributed by atoms with van der Waals surface area (Å²) in [6.07, 6.45) is 3.21. The van der Waals surface area contributed by atoms with Crippen LogP contribution in [0.15, 0.2) is 114 Å². The predicted molar refractivity (Wildman–Crippen MR) is 161 cm³/mol. The molecule has 5 aromatic carbocycles. The van der Waals surface area contributed by atoms with Crippen LogP contribution in [-0.2, 0) is 21.2 Å².